The van der Waals surface area contributed by atoms with Gasteiger partial charge in [-0.3, -0.25) is 4.79 Å². The average molecular weight is 351 g/mol. The molecule has 4 nitrogen and oxygen atoms in total. The lowest BCUT2D eigenvalue weighted by atomic mass is 10.1. The predicted octanol–water partition coefficient (Wildman–Crippen LogP) is 3.20. The summed E-state index contributed by atoms with van der Waals surface area (Å²) in [5, 5.41) is 4.20. The zero-order valence-electron chi connectivity index (χ0n) is 13.9. The summed E-state index contributed by atoms with van der Waals surface area (Å²) in [5.74, 6) is 4.06. The van der Waals surface area contributed by atoms with Crippen LogP contribution in [0, 0.1) is 23.5 Å². The van der Waals surface area contributed by atoms with Gasteiger partial charge in [-0.15, -0.1) is 0 Å². The van der Waals surface area contributed by atoms with Crippen molar-refractivity contribution in [3.8, 4) is 11.8 Å². The third kappa shape index (κ3) is 4.02. The number of carbonyl (C=O) groups excluding carboxylic acids is 1. The van der Waals surface area contributed by atoms with Crippen LogP contribution in [0.1, 0.15) is 18.2 Å². The van der Waals surface area contributed by atoms with Gasteiger partial charge < -0.3 is 11.1 Å². The minimum Gasteiger partial charge on any atom is -0.320 e. The van der Waals surface area contributed by atoms with Crippen LogP contribution >= 0.6 is 0 Å². The number of nitrogens with one attached hydrogen (secondary N) is 1. The summed E-state index contributed by atoms with van der Waals surface area (Å²) in [4.78, 5) is 16.2. The van der Waals surface area contributed by atoms with Crippen LogP contribution in [0.5, 0.6) is 0 Å². The van der Waals surface area contributed by atoms with E-state index in [0.29, 0.717) is 11.5 Å². The zero-order valence-corrected chi connectivity index (χ0v) is 13.9. The van der Waals surface area contributed by atoms with E-state index in [1.807, 2.05) is 24.3 Å². The summed E-state index contributed by atoms with van der Waals surface area (Å²) in [5.41, 5.74) is 6.13. The van der Waals surface area contributed by atoms with E-state index in [2.05, 4.69) is 22.1 Å². The summed E-state index contributed by atoms with van der Waals surface area (Å²) < 4.78 is 26.6. The van der Waals surface area contributed by atoms with E-state index in [4.69, 9.17) is 5.73 Å². The third-order valence-electron chi connectivity index (χ3n) is 3.59. The van der Waals surface area contributed by atoms with Crippen molar-refractivity contribution in [2.45, 2.75) is 13.0 Å². The fourth-order valence-electron chi connectivity index (χ4n) is 2.36. The van der Waals surface area contributed by atoms with Gasteiger partial charge in [0.1, 0.15) is 23.1 Å². The van der Waals surface area contributed by atoms with Crippen molar-refractivity contribution in [3.63, 3.8) is 0 Å². The van der Waals surface area contributed by atoms with Gasteiger partial charge in [0.05, 0.1) is 6.04 Å². The lowest BCUT2D eigenvalue weighted by Crippen LogP contribution is -2.32. The molecule has 6 heteroatoms. The molecule has 0 aliphatic carbocycles. The quantitative estimate of drug-likeness (QED) is 0.697. The monoisotopic (exact) mass is 351 g/mol. The highest BCUT2D eigenvalue weighted by Gasteiger charge is 2.10. The highest BCUT2D eigenvalue weighted by atomic mass is 19.1. The van der Waals surface area contributed by atoms with Gasteiger partial charge >= 0.3 is 0 Å². The molecule has 0 saturated carbocycles. The first-order valence-electron chi connectivity index (χ1n) is 7.87. The maximum Gasteiger partial charge on any atom is 0.242 e. The normalized spacial score (nSPS) is 11.5. The summed E-state index contributed by atoms with van der Waals surface area (Å²) in [7, 11) is 0. The Morgan fingerprint density at radius 2 is 1.81 bits per heavy atom. The number of pyridine rings is 1. The topological polar surface area (TPSA) is 68.0 Å². The molecule has 0 radical (unpaired) electrons. The van der Waals surface area contributed by atoms with Gasteiger partial charge in [-0.2, -0.15) is 0 Å². The number of anilines is 1. The number of benzene rings is 2. The first-order valence-corrected chi connectivity index (χ1v) is 7.87. The number of fused-ring (bicyclic) bond motifs is 1. The van der Waals surface area contributed by atoms with Gasteiger partial charge in [-0.1, -0.05) is 30.2 Å². The molecule has 1 aromatic heterocycles. The van der Waals surface area contributed by atoms with E-state index in [9.17, 15) is 13.6 Å². The highest BCUT2D eigenvalue weighted by molar-refractivity contribution is 5.96. The summed E-state index contributed by atoms with van der Waals surface area (Å²) in [6, 6.07) is 11.4. The Balaban J connectivity index is 2.07. The Morgan fingerprint density at radius 3 is 2.50 bits per heavy atom. The molecule has 26 heavy (non-hydrogen) atoms. The van der Waals surface area contributed by atoms with Gasteiger partial charge in [0.15, 0.2) is 0 Å². The molecule has 0 fully saturated rings. The molecular formula is C20H15F2N3O. The largest absolute Gasteiger partial charge is 0.320 e. The van der Waals surface area contributed by atoms with Gasteiger partial charge in [0, 0.05) is 17.0 Å². The second kappa shape index (κ2) is 7.30. The SMILES string of the molecule is CC(N)C(=O)Nc1cc2ccccc2c(C#Cc2cc(F)cc(F)c2)n1. The predicted molar refractivity (Wildman–Crippen MR) is 96.4 cm³/mol. The smallest absolute Gasteiger partial charge is 0.242 e. The Bertz CT molecular complexity index is 1030. The molecule has 1 unspecified atom stereocenters. The fraction of sp³-hybridized carbons (Fsp3) is 0.100. The van der Waals surface area contributed by atoms with E-state index in [1.165, 1.54) is 0 Å². The number of halogens is 2. The van der Waals surface area contributed by atoms with Gasteiger partial charge in [0.25, 0.3) is 0 Å². The second-order valence-corrected chi connectivity index (χ2v) is 5.76. The number of rotatable bonds is 2. The van der Waals surface area contributed by atoms with Crippen molar-refractivity contribution in [1.29, 1.82) is 0 Å². The fourth-order valence-corrected chi connectivity index (χ4v) is 2.36. The number of aromatic nitrogens is 1. The molecule has 0 aliphatic rings. The summed E-state index contributed by atoms with van der Waals surface area (Å²) >= 11 is 0. The lowest BCUT2D eigenvalue weighted by Gasteiger charge is -2.09. The summed E-state index contributed by atoms with van der Waals surface area (Å²) in [6.45, 7) is 1.57. The van der Waals surface area contributed by atoms with Crippen LogP contribution < -0.4 is 11.1 Å². The van der Waals surface area contributed by atoms with Crippen LogP contribution in [0.2, 0.25) is 0 Å². The third-order valence-corrected chi connectivity index (χ3v) is 3.59. The van der Waals surface area contributed by atoms with Crippen molar-refractivity contribution in [2.24, 2.45) is 5.73 Å². The van der Waals surface area contributed by atoms with E-state index in [0.717, 1.165) is 29.0 Å². The van der Waals surface area contributed by atoms with Gasteiger partial charge in [-0.05, 0) is 36.4 Å². The number of hydrogen-bond acceptors (Lipinski definition) is 3. The van der Waals surface area contributed by atoms with Crippen LogP contribution in [0.25, 0.3) is 10.8 Å². The molecule has 0 saturated heterocycles. The zero-order chi connectivity index (χ0) is 18.7. The Morgan fingerprint density at radius 1 is 1.12 bits per heavy atom. The molecule has 0 spiro atoms. The van der Waals surface area contributed by atoms with E-state index < -0.39 is 17.7 Å². The van der Waals surface area contributed by atoms with Crippen molar-refractivity contribution < 1.29 is 13.6 Å². The van der Waals surface area contributed by atoms with Crippen LogP contribution in [0.4, 0.5) is 14.6 Å². The van der Waals surface area contributed by atoms with E-state index >= 15 is 0 Å². The number of carbonyl (C=O) groups is 1. The Labute approximate surface area is 149 Å². The number of amides is 1. The molecule has 3 rings (SSSR count). The minimum absolute atomic E-state index is 0.193. The van der Waals surface area contributed by atoms with Gasteiger partial charge in [0.2, 0.25) is 5.91 Å². The molecule has 0 aliphatic heterocycles. The van der Waals surface area contributed by atoms with Crippen molar-refractivity contribution >= 4 is 22.5 Å². The molecule has 3 N–H and O–H groups in total. The highest BCUT2D eigenvalue weighted by Crippen LogP contribution is 2.20. The number of hydrogen-bond donors (Lipinski definition) is 2. The Kier molecular flexibility index (Phi) is 4.92. The maximum atomic E-state index is 13.3. The van der Waals surface area contributed by atoms with Crippen molar-refractivity contribution in [1.82, 2.24) is 4.98 Å². The number of nitrogens with zero attached hydrogens (tertiary/aromatic N) is 1. The molecule has 2 aromatic carbocycles. The Hall–Kier alpha value is -3.30. The second-order valence-electron chi connectivity index (χ2n) is 5.76. The van der Waals surface area contributed by atoms with E-state index in [1.54, 1.807) is 13.0 Å². The standard InChI is InChI=1S/C20H15F2N3O/c1-12(23)20(26)25-19-10-14-4-2-3-5-17(14)18(24-19)7-6-13-8-15(21)11-16(22)9-13/h2-5,8-12H,23H2,1H3,(H,24,25,26). The first kappa shape index (κ1) is 17.5. The van der Waals surface area contributed by atoms with Crippen molar-refractivity contribution in [3.05, 3.63) is 71.4 Å². The van der Waals surface area contributed by atoms with Crippen LogP contribution in [-0.4, -0.2) is 16.9 Å². The van der Waals surface area contributed by atoms with Crippen LogP contribution in [0.3, 0.4) is 0 Å². The molecule has 1 heterocycles. The van der Waals surface area contributed by atoms with Crippen LogP contribution in [0.15, 0.2) is 48.5 Å². The molecular weight excluding hydrogens is 336 g/mol. The van der Waals surface area contributed by atoms with E-state index in [-0.39, 0.29) is 11.5 Å². The van der Waals surface area contributed by atoms with Gasteiger partial charge in [-0.25, -0.2) is 13.8 Å². The number of nitrogens with two attached hydrogens (primary N) is 1. The molecule has 1 amide bonds. The average Bonchev–Trinajstić information content (AvgIpc) is 2.58. The lowest BCUT2D eigenvalue weighted by molar-refractivity contribution is -0.117. The molecule has 130 valence electrons. The van der Waals surface area contributed by atoms with Crippen LogP contribution in [-0.2, 0) is 4.79 Å². The molecule has 3 aromatic rings. The molecule has 1 atom stereocenters. The summed E-state index contributed by atoms with van der Waals surface area (Å²) in [6.07, 6.45) is 0. The maximum absolute atomic E-state index is 13.3. The molecule has 0 bridgehead atoms. The van der Waals surface area contributed by atoms with Crippen molar-refractivity contribution in [2.75, 3.05) is 5.32 Å². The first-order chi connectivity index (χ1) is 12.4. The minimum atomic E-state index is -0.704.